The second-order valence-electron chi connectivity index (χ2n) is 14.9. The highest BCUT2D eigenvalue weighted by Crippen LogP contribution is 2.58. The number of nitrogens with one attached hydrogen (secondary N) is 2. The van der Waals surface area contributed by atoms with Gasteiger partial charge in [0.15, 0.2) is 0 Å². The molecule has 0 saturated heterocycles. The van der Waals surface area contributed by atoms with E-state index in [1.807, 2.05) is 30.3 Å². The molecule has 4 saturated carbocycles. The van der Waals surface area contributed by atoms with Crippen molar-refractivity contribution in [3.63, 3.8) is 0 Å². The SMILES string of the molecule is CC(C)(C)OC(=O)N[C@@H](Cc1ccccc1)C(=O)NCCCCOc1ccc(C(=C2C3CC4CC(C3)CC2C4)c2ccc(O)cc2)cc1. The van der Waals surface area contributed by atoms with Gasteiger partial charge in [-0.25, -0.2) is 4.79 Å². The normalized spacial score (nSPS) is 21.8. The highest BCUT2D eigenvalue weighted by molar-refractivity contribution is 5.86. The number of rotatable bonds is 12. The molecule has 2 amide bonds. The van der Waals surface area contributed by atoms with Crippen LogP contribution in [0, 0.1) is 23.7 Å². The quantitative estimate of drug-likeness (QED) is 0.172. The third-order valence-corrected chi connectivity index (χ3v) is 10.0. The summed E-state index contributed by atoms with van der Waals surface area (Å²) < 4.78 is 11.5. The fourth-order valence-electron chi connectivity index (χ4n) is 8.21. The number of aromatic hydroxyl groups is 1. The Morgan fingerprint density at radius 2 is 1.42 bits per heavy atom. The Morgan fingerprint density at radius 3 is 2.02 bits per heavy atom. The molecule has 4 aliphatic carbocycles. The van der Waals surface area contributed by atoms with Gasteiger partial charge < -0.3 is 25.2 Å². The van der Waals surface area contributed by atoms with E-state index in [4.69, 9.17) is 9.47 Å². The Bertz CT molecular complexity index is 1540. The molecule has 0 heterocycles. The minimum absolute atomic E-state index is 0.237. The van der Waals surface area contributed by atoms with Crippen LogP contribution in [0.25, 0.3) is 5.57 Å². The molecule has 1 atom stereocenters. The summed E-state index contributed by atoms with van der Waals surface area (Å²) in [7, 11) is 0. The molecule has 7 nitrogen and oxygen atoms in total. The van der Waals surface area contributed by atoms with Crippen LogP contribution in [-0.4, -0.2) is 41.9 Å². The number of benzene rings is 3. The van der Waals surface area contributed by atoms with Gasteiger partial charge in [-0.1, -0.05) is 60.2 Å². The molecule has 254 valence electrons. The third kappa shape index (κ3) is 8.60. The predicted molar refractivity (Wildman–Crippen MR) is 189 cm³/mol. The Balaban J connectivity index is 1.02. The maximum atomic E-state index is 13.1. The summed E-state index contributed by atoms with van der Waals surface area (Å²) in [5.41, 5.74) is 5.67. The lowest BCUT2D eigenvalue weighted by atomic mass is 9.53. The maximum absolute atomic E-state index is 13.1. The fraction of sp³-hybridized carbons (Fsp3) is 0.463. The summed E-state index contributed by atoms with van der Waals surface area (Å²) >= 11 is 0. The average molecular weight is 651 g/mol. The van der Waals surface area contributed by atoms with Crippen molar-refractivity contribution >= 4 is 17.6 Å². The van der Waals surface area contributed by atoms with Gasteiger partial charge in [0.2, 0.25) is 5.91 Å². The number of alkyl carbamates (subject to hydrolysis) is 1. The van der Waals surface area contributed by atoms with Crippen molar-refractivity contribution in [2.24, 2.45) is 23.7 Å². The van der Waals surface area contributed by atoms with Crippen molar-refractivity contribution in [3.8, 4) is 11.5 Å². The lowest BCUT2D eigenvalue weighted by Gasteiger charge is -2.52. The lowest BCUT2D eigenvalue weighted by Crippen LogP contribution is -2.49. The second-order valence-corrected chi connectivity index (χ2v) is 14.9. The van der Waals surface area contributed by atoms with Crippen molar-refractivity contribution in [2.45, 2.75) is 83.8 Å². The highest BCUT2D eigenvalue weighted by atomic mass is 16.6. The topological polar surface area (TPSA) is 96.9 Å². The zero-order chi connectivity index (χ0) is 33.7. The first-order chi connectivity index (χ1) is 23.1. The van der Waals surface area contributed by atoms with Gasteiger partial charge in [0.1, 0.15) is 23.1 Å². The van der Waals surface area contributed by atoms with Crippen molar-refractivity contribution in [1.82, 2.24) is 10.6 Å². The van der Waals surface area contributed by atoms with Crippen molar-refractivity contribution in [2.75, 3.05) is 13.2 Å². The van der Waals surface area contributed by atoms with Crippen molar-refractivity contribution < 1.29 is 24.2 Å². The van der Waals surface area contributed by atoms with Crippen LogP contribution >= 0.6 is 0 Å². The molecule has 3 aromatic rings. The first-order valence-corrected chi connectivity index (χ1v) is 17.7. The molecule has 0 aromatic heterocycles. The molecule has 0 unspecified atom stereocenters. The van der Waals surface area contributed by atoms with Gasteiger partial charge in [-0.2, -0.15) is 0 Å². The standard InChI is InChI=1S/C41H50N2O5/c1-41(2,3)48-40(46)43-36(26-27-9-5-4-6-10-27)39(45)42-19-7-8-20-47-35-17-13-31(14-18-35)37(30-11-15-34(44)16-12-30)38-32-22-28-21-29(24-32)25-33(38)23-28/h4-6,9-18,28-29,32-33,36,44H,7-8,19-26H2,1-3H3,(H,42,45)(H,43,46)/t28?,29?,32?,33?,36-/m0/s1. The van der Waals surface area contributed by atoms with Crippen LogP contribution in [0.2, 0.25) is 0 Å². The zero-order valence-electron chi connectivity index (χ0n) is 28.5. The third-order valence-electron chi connectivity index (χ3n) is 10.0. The van der Waals surface area contributed by atoms with E-state index in [0.29, 0.717) is 37.2 Å². The molecule has 0 aliphatic heterocycles. The number of ether oxygens (including phenoxy) is 2. The number of carbonyl (C=O) groups excluding carboxylic acids is 2. The van der Waals surface area contributed by atoms with E-state index in [-0.39, 0.29) is 5.91 Å². The van der Waals surface area contributed by atoms with Gasteiger partial charge in [0.05, 0.1) is 6.61 Å². The van der Waals surface area contributed by atoms with E-state index < -0.39 is 17.7 Å². The molecule has 48 heavy (non-hydrogen) atoms. The van der Waals surface area contributed by atoms with Gasteiger partial charge in [-0.3, -0.25) is 4.79 Å². The van der Waals surface area contributed by atoms with Crippen molar-refractivity contribution in [1.29, 1.82) is 0 Å². The molecule has 4 aliphatic rings. The smallest absolute Gasteiger partial charge is 0.408 e. The summed E-state index contributed by atoms with van der Waals surface area (Å²) in [6.07, 6.45) is 7.99. The monoisotopic (exact) mass is 650 g/mol. The Kier molecular flexibility index (Phi) is 10.4. The summed E-state index contributed by atoms with van der Waals surface area (Å²) in [4.78, 5) is 25.5. The van der Waals surface area contributed by atoms with E-state index in [1.165, 1.54) is 48.8 Å². The summed E-state index contributed by atoms with van der Waals surface area (Å²) in [5, 5.41) is 15.7. The Labute approximate surface area is 285 Å². The van der Waals surface area contributed by atoms with E-state index in [9.17, 15) is 14.7 Å². The number of phenols is 1. The Hall–Kier alpha value is -4.26. The molecular formula is C41H50N2O5. The largest absolute Gasteiger partial charge is 0.508 e. The van der Waals surface area contributed by atoms with Crippen LogP contribution in [-0.2, 0) is 16.0 Å². The minimum atomic E-state index is -0.739. The summed E-state index contributed by atoms with van der Waals surface area (Å²) in [6.45, 7) is 6.41. The maximum Gasteiger partial charge on any atom is 0.408 e. The number of carbonyl (C=O) groups is 2. The molecule has 7 rings (SSSR count). The molecule has 0 radical (unpaired) electrons. The fourth-order valence-corrected chi connectivity index (χ4v) is 8.21. The van der Waals surface area contributed by atoms with Crippen LogP contribution in [0.1, 0.15) is 82.4 Å². The van der Waals surface area contributed by atoms with Gasteiger partial charge in [-0.15, -0.1) is 0 Å². The van der Waals surface area contributed by atoms with Crippen LogP contribution in [0.4, 0.5) is 4.79 Å². The van der Waals surface area contributed by atoms with Gasteiger partial charge >= 0.3 is 6.09 Å². The van der Waals surface area contributed by atoms with E-state index in [1.54, 1.807) is 38.5 Å². The number of allylic oxidation sites excluding steroid dienone is 1. The van der Waals surface area contributed by atoms with Gasteiger partial charge in [-0.05, 0) is 136 Å². The average Bonchev–Trinajstić information content (AvgIpc) is 3.04. The first kappa shape index (κ1) is 33.6. The zero-order valence-corrected chi connectivity index (χ0v) is 28.5. The second kappa shape index (κ2) is 14.9. The minimum Gasteiger partial charge on any atom is -0.508 e. The number of hydrogen-bond donors (Lipinski definition) is 3. The van der Waals surface area contributed by atoms with Crippen LogP contribution < -0.4 is 15.4 Å². The summed E-state index contributed by atoms with van der Waals surface area (Å²) in [5.74, 6) is 4.01. The van der Waals surface area contributed by atoms with Crippen molar-refractivity contribution in [3.05, 3.63) is 101 Å². The first-order valence-electron chi connectivity index (χ1n) is 17.7. The van der Waals surface area contributed by atoms with E-state index >= 15 is 0 Å². The van der Waals surface area contributed by atoms with Crippen LogP contribution in [0.5, 0.6) is 11.5 Å². The van der Waals surface area contributed by atoms with Crippen LogP contribution in [0.3, 0.4) is 0 Å². The molecule has 7 heteroatoms. The Morgan fingerprint density at radius 1 is 0.812 bits per heavy atom. The van der Waals surface area contributed by atoms with Crippen LogP contribution in [0.15, 0.2) is 84.4 Å². The molecule has 4 bridgehead atoms. The predicted octanol–water partition coefficient (Wildman–Crippen LogP) is 8.06. The van der Waals surface area contributed by atoms with E-state index in [2.05, 4.69) is 47.0 Å². The van der Waals surface area contributed by atoms with E-state index in [0.717, 1.165) is 36.0 Å². The molecule has 3 aromatic carbocycles. The molecule has 4 fully saturated rings. The number of unbranched alkanes of at least 4 members (excludes halogenated alkanes) is 1. The molecule has 0 spiro atoms. The lowest BCUT2D eigenvalue weighted by molar-refractivity contribution is -0.123. The number of phenolic OH excluding ortho intramolecular Hbond substituents is 1. The molecular weight excluding hydrogens is 600 g/mol. The molecule has 3 N–H and O–H groups in total. The summed E-state index contributed by atoms with van der Waals surface area (Å²) in [6, 6.07) is 25.1. The number of hydrogen-bond acceptors (Lipinski definition) is 5. The van der Waals surface area contributed by atoms with Gasteiger partial charge in [0.25, 0.3) is 0 Å². The number of amides is 2. The highest BCUT2D eigenvalue weighted by Gasteiger charge is 2.46. The van der Waals surface area contributed by atoms with Gasteiger partial charge in [0, 0.05) is 13.0 Å².